The Kier molecular flexibility index (Phi) is 10.0. The fraction of sp³-hybridized carbons (Fsp3) is 0.444. The van der Waals surface area contributed by atoms with Crippen molar-refractivity contribution in [2.45, 2.75) is 33.1 Å². The van der Waals surface area contributed by atoms with Crippen LogP contribution in [0.2, 0.25) is 0 Å². The summed E-state index contributed by atoms with van der Waals surface area (Å²) in [6.45, 7) is 5.41. The molecule has 1 aromatic heterocycles. The molecule has 0 aliphatic rings. The van der Waals surface area contributed by atoms with Crippen LogP contribution in [0.4, 0.5) is 13.2 Å². The van der Waals surface area contributed by atoms with Crippen molar-refractivity contribution < 1.29 is 17.9 Å². The van der Waals surface area contributed by atoms with E-state index in [1.807, 2.05) is 24.3 Å². The quantitative estimate of drug-likeness (QED) is 0.312. The first-order valence-electron chi connectivity index (χ1n) is 8.46. The van der Waals surface area contributed by atoms with Gasteiger partial charge < -0.3 is 15.4 Å². The minimum atomic E-state index is -4.42. The summed E-state index contributed by atoms with van der Waals surface area (Å²) >= 11 is 0.959. The van der Waals surface area contributed by atoms with E-state index < -0.39 is 11.9 Å². The molecule has 0 saturated heterocycles. The summed E-state index contributed by atoms with van der Waals surface area (Å²) in [4.78, 5) is 7.68. The highest BCUT2D eigenvalue weighted by Gasteiger charge is 2.33. The summed E-state index contributed by atoms with van der Waals surface area (Å²) in [5.74, 6) is 1.68. The van der Waals surface area contributed by atoms with Crippen molar-refractivity contribution in [1.29, 1.82) is 0 Å². The third kappa shape index (κ3) is 7.82. The zero-order valence-corrected chi connectivity index (χ0v) is 19.0. The molecule has 10 heteroatoms. The number of thiazole rings is 1. The fourth-order valence-corrected chi connectivity index (χ4v) is 2.87. The molecule has 1 aromatic carbocycles. The molecule has 0 unspecified atom stereocenters. The van der Waals surface area contributed by atoms with E-state index in [2.05, 4.69) is 34.5 Å². The zero-order valence-electron chi connectivity index (χ0n) is 15.8. The topological polar surface area (TPSA) is 58.5 Å². The first-order chi connectivity index (χ1) is 12.8. The van der Waals surface area contributed by atoms with Gasteiger partial charge in [-0.15, -0.1) is 35.3 Å². The van der Waals surface area contributed by atoms with Crippen LogP contribution in [0.3, 0.4) is 0 Å². The number of hydrogen-bond acceptors (Lipinski definition) is 4. The number of aliphatic imine (C=N–C) groups is 1. The van der Waals surface area contributed by atoms with Gasteiger partial charge in [-0.1, -0.05) is 32.0 Å². The van der Waals surface area contributed by atoms with Gasteiger partial charge in [0.05, 0.1) is 13.2 Å². The number of guanidine groups is 1. The molecule has 5 nitrogen and oxygen atoms in total. The van der Waals surface area contributed by atoms with Gasteiger partial charge in [0.25, 0.3) is 0 Å². The van der Waals surface area contributed by atoms with E-state index in [0.717, 1.165) is 28.0 Å². The van der Waals surface area contributed by atoms with Crippen molar-refractivity contribution in [2.24, 2.45) is 10.9 Å². The second-order valence-electron chi connectivity index (χ2n) is 6.22. The van der Waals surface area contributed by atoms with Crippen LogP contribution < -0.4 is 15.4 Å². The van der Waals surface area contributed by atoms with Gasteiger partial charge in [0.1, 0.15) is 10.8 Å². The average Bonchev–Trinajstić information content (AvgIpc) is 3.10. The largest absolute Gasteiger partial charge is 0.493 e. The summed E-state index contributed by atoms with van der Waals surface area (Å²) in [5.41, 5.74) is 0.0955. The standard InChI is InChI=1S/C18H23F3N4OS.HI/c1-12(2)10-26-14-7-5-4-6-13(14)8-23-17(22-3)24-9-16-25-15(11-27-16)18(19,20)21;/h4-7,11-12H,8-10H2,1-3H3,(H2,22,23,24);1H. The van der Waals surface area contributed by atoms with Crippen molar-refractivity contribution >= 4 is 41.3 Å². The minimum Gasteiger partial charge on any atom is -0.493 e. The molecule has 0 atom stereocenters. The maximum absolute atomic E-state index is 12.6. The number of hydrogen-bond donors (Lipinski definition) is 2. The van der Waals surface area contributed by atoms with Gasteiger partial charge in [0.2, 0.25) is 0 Å². The van der Waals surface area contributed by atoms with Crippen LogP contribution in [-0.4, -0.2) is 24.6 Å². The van der Waals surface area contributed by atoms with Crippen LogP contribution in [0.5, 0.6) is 5.75 Å². The summed E-state index contributed by atoms with van der Waals surface area (Å²) in [6.07, 6.45) is -4.42. The molecule has 0 spiro atoms. The number of ether oxygens (including phenoxy) is 1. The Balaban J connectivity index is 0.00000392. The molecular weight excluding hydrogens is 504 g/mol. The van der Waals surface area contributed by atoms with E-state index >= 15 is 0 Å². The molecule has 0 amide bonds. The monoisotopic (exact) mass is 528 g/mol. The highest BCUT2D eigenvalue weighted by atomic mass is 127. The summed E-state index contributed by atoms with van der Waals surface area (Å²) in [5, 5.41) is 7.45. The molecule has 28 heavy (non-hydrogen) atoms. The molecule has 2 rings (SSSR count). The molecule has 0 aliphatic carbocycles. The van der Waals surface area contributed by atoms with E-state index in [-0.39, 0.29) is 30.5 Å². The predicted octanol–water partition coefficient (Wildman–Crippen LogP) is 4.68. The van der Waals surface area contributed by atoms with Crippen molar-refractivity contribution in [2.75, 3.05) is 13.7 Å². The lowest BCUT2D eigenvalue weighted by Gasteiger charge is -2.15. The Bertz CT molecular complexity index is 765. The maximum atomic E-state index is 12.6. The summed E-state index contributed by atoms with van der Waals surface area (Å²) in [7, 11) is 1.60. The lowest BCUT2D eigenvalue weighted by molar-refractivity contribution is -0.140. The normalized spacial score (nSPS) is 11.9. The number of nitrogens with zero attached hydrogens (tertiary/aromatic N) is 2. The van der Waals surface area contributed by atoms with E-state index in [4.69, 9.17) is 4.74 Å². The first-order valence-corrected chi connectivity index (χ1v) is 9.34. The van der Waals surface area contributed by atoms with Gasteiger partial charge in [-0.25, -0.2) is 4.98 Å². The number of rotatable bonds is 7. The van der Waals surface area contributed by atoms with Crippen LogP contribution >= 0.6 is 35.3 Å². The van der Waals surface area contributed by atoms with Crippen molar-refractivity contribution in [1.82, 2.24) is 15.6 Å². The lowest BCUT2D eigenvalue weighted by Crippen LogP contribution is -2.36. The third-order valence-electron chi connectivity index (χ3n) is 3.46. The van der Waals surface area contributed by atoms with Gasteiger partial charge in [-0.2, -0.15) is 13.2 Å². The zero-order chi connectivity index (χ0) is 19.9. The highest BCUT2D eigenvalue weighted by molar-refractivity contribution is 14.0. The number of nitrogens with one attached hydrogen (secondary N) is 2. The molecule has 1 heterocycles. The van der Waals surface area contributed by atoms with Crippen molar-refractivity contribution in [3.8, 4) is 5.75 Å². The second-order valence-corrected chi connectivity index (χ2v) is 7.16. The predicted molar refractivity (Wildman–Crippen MR) is 116 cm³/mol. The molecular formula is C18H24F3IN4OS. The van der Waals surface area contributed by atoms with Crippen LogP contribution in [-0.2, 0) is 19.3 Å². The lowest BCUT2D eigenvalue weighted by atomic mass is 10.2. The van der Waals surface area contributed by atoms with Crippen LogP contribution in [0, 0.1) is 5.92 Å². The van der Waals surface area contributed by atoms with Crippen molar-refractivity contribution in [3.05, 3.63) is 45.9 Å². The molecule has 0 aliphatic heterocycles. The number of alkyl halides is 3. The Hall–Kier alpha value is -1.56. The average molecular weight is 528 g/mol. The van der Waals surface area contributed by atoms with Crippen LogP contribution in [0.1, 0.15) is 30.1 Å². The molecule has 0 bridgehead atoms. The van der Waals surface area contributed by atoms with E-state index in [1.54, 1.807) is 7.05 Å². The molecule has 0 radical (unpaired) electrons. The Labute approximate surface area is 183 Å². The Morgan fingerprint density at radius 3 is 2.50 bits per heavy atom. The van der Waals surface area contributed by atoms with E-state index in [9.17, 15) is 13.2 Å². The van der Waals surface area contributed by atoms with Gasteiger partial charge in [0.15, 0.2) is 11.7 Å². The smallest absolute Gasteiger partial charge is 0.434 e. The first kappa shape index (κ1) is 24.5. The SMILES string of the molecule is CN=C(NCc1nc(C(F)(F)F)cs1)NCc1ccccc1OCC(C)C.I. The van der Waals surface area contributed by atoms with E-state index in [0.29, 0.717) is 30.0 Å². The van der Waals surface area contributed by atoms with Gasteiger partial charge in [0, 0.05) is 24.5 Å². The molecule has 0 saturated carbocycles. The summed E-state index contributed by atoms with van der Waals surface area (Å²) in [6, 6.07) is 7.69. The molecule has 0 fully saturated rings. The number of halogens is 4. The molecule has 2 N–H and O–H groups in total. The number of benzene rings is 1. The van der Waals surface area contributed by atoms with Crippen molar-refractivity contribution in [3.63, 3.8) is 0 Å². The fourth-order valence-electron chi connectivity index (χ4n) is 2.13. The number of para-hydroxylation sites is 1. The maximum Gasteiger partial charge on any atom is 0.434 e. The molecule has 156 valence electrons. The van der Waals surface area contributed by atoms with Crippen LogP contribution in [0.25, 0.3) is 0 Å². The Morgan fingerprint density at radius 1 is 1.21 bits per heavy atom. The number of aromatic nitrogens is 1. The van der Waals surface area contributed by atoms with E-state index in [1.165, 1.54) is 0 Å². The van der Waals surface area contributed by atoms with Gasteiger partial charge in [-0.05, 0) is 12.0 Å². The second kappa shape index (κ2) is 11.4. The molecule has 2 aromatic rings. The van der Waals surface area contributed by atoms with Gasteiger partial charge >= 0.3 is 6.18 Å². The van der Waals surface area contributed by atoms with Gasteiger partial charge in [-0.3, -0.25) is 4.99 Å². The third-order valence-corrected chi connectivity index (χ3v) is 4.31. The highest BCUT2D eigenvalue weighted by Crippen LogP contribution is 2.29. The minimum absolute atomic E-state index is 0. The summed E-state index contributed by atoms with van der Waals surface area (Å²) < 4.78 is 43.6. The Morgan fingerprint density at radius 2 is 1.89 bits per heavy atom. The van der Waals surface area contributed by atoms with Crippen LogP contribution in [0.15, 0.2) is 34.6 Å².